The second-order valence-corrected chi connectivity index (χ2v) is 7.90. The van der Waals surface area contributed by atoms with Crippen molar-refractivity contribution in [2.24, 2.45) is 0 Å². The zero-order valence-electron chi connectivity index (χ0n) is 16.0. The van der Waals surface area contributed by atoms with Crippen LogP contribution >= 0.6 is 0 Å². The summed E-state index contributed by atoms with van der Waals surface area (Å²) in [5.74, 6) is -0.445. The third-order valence-electron chi connectivity index (χ3n) is 4.81. The van der Waals surface area contributed by atoms with Crippen molar-refractivity contribution in [1.29, 1.82) is 0 Å². The zero-order valence-corrected chi connectivity index (χ0v) is 16.0. The maximum absolute atomic E-state index is 12.5. The molecule has 0 fully saturated rings. The predicted octanol–water partition coefficient (Wildman–Crippen LogP) is 3.36. The number of rotatable bonds is 7. The van der Waals surface area contributed by atoms with Gasteiger partial charge in [0.05, 0.1) is 0 Å². The molecule has 1 aliphatic rings. The van der Waals surface area contributed by atoms with E-state index >= 15 is 0 Å². The van der Waals surface area contributed by atoms with Gasteiger partial charge in [-0.1, -0.05) is 51.1 Å². The number of benzene rings is 1. The first-order valence-electron chi connectivity index (χ1n) is 9.32. The number of carbonyl (C=O) groups is 2. The highest BCUT2D eigenvalue weighted by atomic mass is 16.5. The van der Waals surface area contributed by atoms with Gasteiger partial charge in [-0.25, -0.2) is 5.48 Å². The highest BCUT2D eigenvalue weighted by molar-refractivity contribution is 5.94. The summed E-state index contributed by atoms with van der Waals surface area (Å²) >= 11 is 0. The monoisotopic (exact) mass is 358 g/mol. The SMILES string of the molecule is CC(C)(C)c1ccc(CCCN2CCC=C(CCC(=O)NO)C2=O)cc1. The summed E-state index contributed by atoms with van der Waals surface area (Å²) in [7, 11) is 0. The van der Waals surface area contributed by atoms with Gasteiger partial charge in [0.1, 0.15) is 0 Å². The fraction of sp³-hybridized carbons (Fsp3) is 0.524. The van der Waals surface area contributed by atoms with Crippen LogP contribution < -0.4 is 5.48 Å². The number of nitrogens with zero attached hydrogens (tertiary/aromatic N) is 1. The molecule has 0 aromatic heterocycles. The smallest absolute Gasteiger partial charge is 0.249 e. The summed E-state index contributed by atoms with van der Waals surface area (Å²) < 4.78 is 0. The number of hydrogen-bond donors (Lipinski definition) is 2. The molecule has 2 rings (SSSR count). The third kappa shape index (κ3) is 5.70. The van der Waals surface area contributed by atoms with Gasteiger partial charge in [-0.3, -0.25) is 14.8 Å². The first-order valence-corrected chi connectivity index (χ1v) is 9.32. The largest absolute Gasteiger partial charge is 0.339 e. The van der Waals surface area contributed by atoms with Crippen molar-refractivity contribution in [1.82, 2.24) is 10.4 Å². The van der Waals surface area contributed by atoms with E-state index in [1.54, 1.807) is 5.48 Å². The summed E-state index contributed by atoms with van der Waals surface area (Å²) in [6.07, 6.45) is 5.10. The summed E-state index contributed by atoms with van der Waals surface area (Å²) in [6.45, 7) is 8.08. The van der Waals surface area contributed by atoms with Gasteiger partial charge in [-0.15, -0.1) is 0 Å². The van der Waals surface area contributed by atoms with Crippen molar-refractivity contribution in [2.75, 3.05) is 13.1 Å². The maximum Gasteiger partial charge on any atom is 0.249 e. The molecular weight excluding hydrogens is 328 g/mol. The molecule has 0 saturated heterocycles. The number of amides is 2. The second-order valence-electron chi connectivity index (χ2n) is 7.90. The second kappa shape index (κ2) is 8.99. The highest BCUT2D eigenvalue weighted by Crippen LogP contribution is 2.23. The van der Waals surface area contributed by atoms with E-state index in [9.17, 15) is 9.59 Å². The van der Waals surface area contributed by atoms with Crippen molar-refractivity contribution in [3.05, 3.63) is 47.0 Å². The summed E-state index contributed by atoms with van der Waals surface area (Å²) in [4.78, 5) is 25.5. The van der Waals surface area contributed by atoms with Gasteiger partial charge in [0.15, 0.2) is 0 Å². The Bertz CT molecular complexity index is 657. The van der Waals surface area contributed by atoms with Gasteiger partial charge < -0.3 is 4.90 Å². The number of nitrogens with one attached hydrogen (secondary N) is 1. The predicted molar refractivity (Wildman–Crippen MR) is 102 cm³/mol. The average molecular weight is 358 g/mol. The van der Waals surface area contributed by atoms with Crippen LogP contribution in [0.2, 0.25) is 0 Å². The number of aryl methyl sites for hydroxylation is 1. The van der Waals surface area contributed by atoms with E-state index in [2.05, 4.69) is 45.0 Å². The molecule has 26 heavy (non-hydrogen) atoms. The van der Waals surface area contributed by atoms with E-state index in [1.165, 1.54) is 11.1 Å². The Morgan fingerprint density at radius 2 is 1.88 bits per heavy atom. The highest BCUT2D eigenvalue weighted by Gasteiger charge is 2.21. The zero-order chi connectivity index (χ0) is 19.2. The molecule has 1 aromatic rings. The molecular formula is C21H30N2O3. The molecule has 0 bridgehead atoms. The molecule has 0 aliphatic carbocycles. The van der Waals surface area contributed by atoms with E-state index in [4.69, 9.17) is 5.21 Å². The topological polar surface area (TPSA) is 69.6 Å². The summed E-state index contributed by atoms with van der Waals surface area (Å²) in [6, 6.07) is 8.73. The standard InChI is InChI=1S/C21H30N2O3/c1-21(2,3)18-11-8-16(9-12-18)6-4-14-23-15-5-7-17(20(23)25)10-13-19(24)22-26/h7-9,11-12,26H,4-6,10,13-15H2,1-3H3,(H,22,24). The minimum atomic E-state index is -0.463. The van der Waals surface area contributed by atoms with Gasteiger partial charge in [-0.05, 0) is 42.2 Å². The Morgan fingerprint density at radius 1 is 1.19 bits per heavy atom. The lowest BCUT2D eigenvalue weighted by Gasteiger charge is -2.27. The molecule has 0 radical (unpaired) electrons. The van der Waals surface area contributed by atoms with Crippen LogP contribution in [0.5, 0.6) is 0 Å². The molecule has 1 heterocycles. The van der Waals surface area contributed by atoms with Crippen molar-refractivity contribution < 1.29 is 14.8 Å². The molecule has 142 valence electrons. The summed E-state index contributed by atoms with van der Waals surface area (Å²) in [5, 5.41) is 8.55. The van der Waals surface area contributed by atoms with Crippen molar-refractivity contribution >= 4 is 11.8 Å². The number of carbonyl (C=O) groups excluding carboxylic acids is 2. The molecule has 5 heteroatoms. The van der Waals surface area contributed by atoms with Crippen LogP contribution in [0.25, 0.3) is 0 Å². The fourth-order valence-electron chi connectivity index (χ4n) is 3.16. The van der Waals surface area contributed by atoms with Crippen LogP contribution in [-0.2, 0) is 21.4 Å². The minimum absolute atomic E-state index is 0.0186. The Morgan fingerprint density at radius 3 is 2.50 bits per heavy atom. The van der Waals surface area contributed by atoms with Gasteiger partial charge in [0, 0.05) is 25.1 Å². The van der Waals surface area contributed by atoms with E-state index in [0.29, 0.717) is 12.0 Å². The van der Waals surface area contributed by atoms with E-state index in [-0.39, 0.29) is 17.7 Å². The Kier molecular flexibility index (Phi) is 6.98. The Labute approximate surface area is 156 Å². The first kappa shape index (κ1) is 20.2. The van der Waals surface area contributed by atoms with Crippen LogP contribution in [0.3, 0.4) is 0 Å². The molecule has 0 atom stereocenters. The lowest BCUT2D eigenvalue weighted by molar-refractivity contribution is -0.129. The Hall–Kier alpha value is -2.14. The first-order chi connectivity index (χ1) is 12.3. The van der Waals surface area contributed by atoms with Gasteiger partial charge in [-0.2, -0.15) is 0 Å². The molecule has 2 amide bonds. The summed E-state index contributed by atoms with van der Waals surface area (Å²) in [5.41, 5.74) is 5.06. The van der Waals surface area contributed by atoms with E-state index in [0.717, 1.165) is 32.4 Å². The molecule has 0 saturated carbocycles. The number of hydroxylamine groups is 1. The van der Waals surface area contributed by atoms with Gasteiger partial charge in [0.25, 0.3) is 0 Å². The molecule has 2 N–H and O–H groups in total. The lowest BCUT2D eigenvalue weighted by atomic mass is 9.86. The van der Waals surface area contributed by atoms with Gasteiger partial charge in [0.2, 0.25) is 11.8 Å². The minimum Gasteiger partial charge on any atom is -0.339 e. The quantitative estimate of drug-likeness (QED) is 0.580. The Balaban J connectivity index is 1.81. The normalized spacial score (nSPS) is 15.0. The van der Waals surface area contributed by atoms with E-state index < -0.39 is 5.91 Å². The fourth-order valence-corrected chi connectivity index (χ4v) is 3.16. The van der Waals surface area contributed by atoms with Crippen molar-refractivity contribution in [2.45, 2.75) is 58.3 Å². The molecule has 1 aliphatic heterocycles. The average Bonchev–Trinajstić information content (AvgIpc) is 2.61. The lowest BCUT2D eigenvalue weighted by Crippen LogP contribution is -2.37. The van der Waals surface area contributed by atoms with Crippen LogP contribution in [0.1, 0.15) is 57.6 Å². The van der Waals surface area contributed by atoms with E-state index in [1.807, 2.05) is 11.0 Å². The van der Waals surface area contributed by atoms with Crippen LogP contribution in [0.4, 0.5) is 0 Å². The molecule has 0 unspecified atom stereocenters. The molecule has 0 spiro atoms. The van der Waals surface area contributed by atoms with Crippen LogP contribution in [-0.4, -0.2) is 35.0 Å². The number of hydrogen-bond acceptors (Lipinski definition) is 3. The third-order valence-corrected chi connectivity index (χ3v) is 4.81. The van der Waals surface area contributed by atoms with Crippen LogP contribution in [0.15, 0.2) is 35.9 Å². The van der Waals surface area contributed by atoms with Crippen LogP contribution in [0, 0.1) is 0 Å². The van der Waals surface area contributed by atoms with Crippen molar-refractivity contribution in [3.63, 3.8) is 0 Å². The van der Waals surface area contributed by atoms with Crippen molar-refractivity contribution in [3.8, 4) is 0 Å². The molecule has 5 nitrogen and oxygen atoms in total. The maximum atomic E-state index is 12.5. The van der Waals surface area contributed by atoms with Gasteiger partial charge >= 0.3 is 0 Å². The molecule has 1 aromatic carbocycles.